The molecule has 0 aliphatic rings. The van der Waals surface area contributed by atoms with Crippen molar-refractivity contribution in [1.29, 1.82) is 5.26 Å². The average molecular weight is 421 g/mol. The number of amides is 1. The highest BCUT2D eigenvalue weighted by Crippen LogP contribution is 2.28. The van der Waals surface area contributed by atoms with E-state index >= 15 is 0 Å². The number of anilines is 1. The normalized spacial score (nSPS) is 10.8. The topological polar surface area (TPSA) is 52.9 Å². The van der Waals surface area contributed by atoms with Gasteiger partial charge in [-0.2, -0.15) is 5.26 Å². The van der Waals surface area contributed by atoms with Crippen molar-refractivity contribution in [2.45, 2.75) is 26.7 Å². The molecule has 0 unspecified atom stereocenters. The van der Waals surface area contributed by atoms with Gasteiger partial charge in [-0.05, 0) is 69.6 Å². The molecule has 1 rings (SSSR count). The summed E-state index contributed by atoms with van der Waals surface area (Å²) in [4.78, 5) is 12.2. The zero-order chi connectivity index (χ0) is 13.8. The highest BCUT2D eigenvalue weighted by Gasteiger charge is 2.34. The fraction of sp³-hybridized carbons (Fsp3) is 0.385. The van der Waals surface area contributed by atoms with E-state index in [9.17, 15) is 10.1 Å². The molecule has 3 nitrogen and oxygen atoms in total. The lowest BCUT2D eigenvalue weighted by molar-refractivity contribution is -0.123. The van der Waals surface area contributed by atoms with E-state index in [4.69, 9.17) is 0 Å². The molecule has 0 aliphatic heterocycles. The molecule has 96 valence electrons. The molecular formula is C13H14BrIN2O. The Morgan fingerprint density at radius 3 is 2.56 bits per heavy atom. The molecule has 0 saturated carbocycles. The summed E-state index contributed by atoms with van der Waals surface area (Å²) in [7, 11) is 0. The number of rotatable bonds is 4. The second-order valence-corrected chi connectivity index (χ2v) is 6.00. The van der Waals surface area contributed by atoms with Gasteiger partial charge < -0.3 is 5.32 Å². The van der Waals surface area contributed by atoms with Crippen LogP contribution in [0.25, 0.3) is 0 Å². The third-order valence-corrected chi connectivity index (χ3v) is 5.36. The molecule has 1 aromatic rings. The number of halogens is 2. The number of nitrogens with one attached hydrogen (secondary N) is 1. The summed E-state index contributed by atoms with van der Waals surface area (Å²) in [5, 5.41) is 12.0. The Hall–Kier alpha value is -0.610. The predicted molar refractivity (Wildman–Crippen MR) is 84.1 cm³/mol. The van der Waals surface area contributed by atoms with Crippen LogP contribution in [-0.4, -0.2) is 5.91 Å². The van der Waals surface area contributed by atoms with E-state index in [0.717, 1.165) is 8.04 Å². The van der Waals surface area contributed by atoms with Crippen molar-refractivity contribution in [2.24, 2.45) is 5.41 Å². The summed E-state index contributed by atoms with van der Waals surface area (Å²) >= 11 is 5.59. The lowest BCUT2D eigenvalue weighted by atomic mass is 9.83. The van der Waals surface area contributed by atoms with Crippen molar-refractivity contribution in [2.75, 3.05) is 5.32 Å². The Bertz CT molecular complexity index is 492. The summed E-state index contributed by atoms with van der Waals surface area (Å²) in [5.74, 6) is -0.229. The van der Waals surface area contributed by atoms with Gasteiger partial charge in [-0.3, -0.25) is 4.79 Å². The van der Waals surface area contributed by atoms with Crippen LogP contribution in [0.3, 0.4) is 0 Å². The molecule has 0 saturated heterocycles. The van der Waals surface area contributed by atoms with E-state index in [0.29, 0.717) is 18.5 Å². The van der Waals surface area contributed by atoms with Gasteiger partial charge in [0.15, 0.2) is 0 Å². The first kappa shape index (κ1) is 15.4. The molecule has 0 radical (unpaired) electrons. The van der Waals surface area contributed by atoms with Crippen LogP contribution in [0.1, 0.15) is 26.7 Å². The van der Waals surface area contributed by atoms with Gasteiger partial charge in [0, 0.05) is 13.7 Å². The minimum Gasteiger partial charge on any atom is -0.325 e. The van der Waals surface area contributed by atoms with E-state index in [-0.39, 0.29) is 5.91 Å². The SMILES string of the molecule is CCC(C#N)(CC)C(=O)Nc1ccc(Br)c(I)c1. The second-order valence-electron chi connectivity index (χ2n) is 3.98. The summed E-state index contributed by atoms with van der Waals surface area (Å²) in [6.45, 7) is 3.72. The highest BCUT2D eigenvalue weighted by atomic mass is 127. The van der Waals surface area contributed by atoms with Gasteiger partial charge in [-0.25, -0.2) is 0 Å². The molecule has 1 N–H and O–H groups in total. The number of hydrogen-bond donors (Lipinski definition) is 1. The molecule has 1 aromatic carbocycles. The summed E-state index contributed by atoms with van der Waals surface area (Å²) in [5.41, 5.74) is -0.215. The smallest absolute Gasteiger partial charge is 0.244 e. The zero-order valence-electron chi connectivity index (χ0n) is 10.3. The summed E-state index contributed by atoms with van der Waals surface area (Å²) in [6.07, 6.45) is 1.03. The van der Waals surface area contributed by atoms with E-state index in [1.54, 1.807) is 0 Å². The van der Waals surface area contributed by atoms with E-state index in [1.165, 1.54) is 0 Å². The maximum Gasteiger partial charge on any atom is 0.244 e. The molecule has 18 heavy (non-hydrogen) atoms. The minimum atomic E-state index is -0.932. The van der Waals surface area contributed by atoms with Crippen LogP contribution < -0.4 is 5.32 Å². The second kappa shape index (κ2) is 6.53. The maximum atomic E-state index is 12.2. The molecule has 0 spiro atoms. The van der Waals surface area contributed by atoms with Gasteiger partial charge >= 0.3 is 0 Å². The van der Waals surface area contributed by atoms with Crippen LogP contribution >= 0.6 is 38.5 Å². The molecule has 0 heterocycles. The lowest BCUT2D eigenvalue weighted by Crippen LogP contribution is -2.33. The van der Waals surface area contributed by atoms with Gasteiger partial charge in [0.25, 0.3) is 0 Å². The lowest BCUT2D eigenvalue weighted by Gasteiger charge is -2.22. The van der Waals surface area contributed by atoms with Crippen molar-refractivity contribution in [3.05, 3.63) is 26.2 Å². The van der Waals surface area contributed by atoms with Crippen molar-refractivity contribution in [1.82, 2.24) is 0 Å². The Balaban J connectivity index is 2.94. The van der Waals surface area contributed by atoms with Crippen LogP contribution in [0.2, 0.25) is 0 Å². The first-order valence-corrected chi connectivity index (χ1v) is 7.54. The fourth-order valence-corrected chi connectivity index (χ4v) is 2.37. The van der Waals surface area contributed by atoms with Crippen LogP contribution in [0.5, 0.6) is 0 Å². The quantitative estimate of drug-likeness (QED) is 0.737. The van der Waals surface area contributed by atoms with E-state index in [2.05, 4.69) is 49.9 Å². The third-order valence-electron chi connectivity index (χ3n) is 3.03. The molecule has 5 heteroatoms. The summed E-state index contributed by atoms with van der Waals surface area (Å²) < 4.78 is 2.00. The molecule has 0 fully saturated rings. The number of carbonyl (C=O) groups excluding carboxylic acids is 1. The van der Waals surface area contributed by atoms with Gasteiger partial charge in [-0.1, -0.05) is 13.8 Å². The predicted octanol–water partition coefficient (Wildman–Crippen LogP) is 4.32. The number of carbonyl (C=O) groups is 1. The average Bonchev–Trinajstić information content (AvgIpc) is 2.37. The van der Waals surface area contributed by atoms with Crippen LogP contribution in [0.15, 0.2) is 22.7 Å². The van der Waals surface area contributed by atoms with Crippen LogP contribution in [0, 0.1) is 20.3 Å². The Morgan fingerprint density at radius 1 is 1.50 bits per heavy atom. The molecule has 0 aliphatic carbocycles. The summed E-state index contributed by atoms with van der Waals surface area (Å²) in [6, 6.07) is 7.70. The third kappa shape index (κ3) is 3.23. The number of benzene rings is 1. The maximum absolute atomic E-state index is 12.2. The first-order chi connectivity index (χ1) is 8.49. The van der Waals surface area contributed by atoms with Crippen molar-refractivity contribution >= 4 is 50.1 Å². The standard InChI is InChI=1S/C13H14BrIN2O/c1-3-13(4-2,8-16)12(18)17-9-5-6-10(14)11(15)7-9/h5-7H,3-4H2,1-2H3,(H,17,18). The van der Waals surface area contributed by atoms with E-state index < -0.39 is 5.41 Å². The van der Waals surface area contributed by atoms with Crippen molar-refractivity contribution in [3.8, 4) is 6.07 Å². The Labute approximate surface area is 129 Å². The number of nitrogens with zero attached hydrogens (tertiary/aromatic N) is 1. The molecule has 1 amide bonds. The molecular weight excluding hydrogens is 407 g/mol. The highest BCUT2D eigenvalue weighted by molar-refractivity contribution is 14.1. The van der Waals surface area contributed by atoms with Crippen LogP contribution in [0.4, 0.5) is 5.69 Å². The van der Waals surface area contributed by atoms with Gasteiger partial charge in [-0.15, -0.1) is 0 Å². The van der Waals surface area contributed by atoms with Gasteiger partial charge in [0.05, 0.1) is 6.07 Å². The molecule has 0 aromatic heterocycles. The first-order valence-electron chi connectivity index (χ1n) is 5.67. The van der Waals surface area contributed by atoms with Crippen LogP contribution in [-0.2, 0) is 4.79 Å². The number of nitriles is 1. The largest absolute Gasteiger partial charge is 0.325 e. The number of hydrogen-bond acceptors (Lipinski definition) is 2. The fourth-order valence-electron chi connectivity index (χ4n) is 1.60. The molecule has 0 bridgehead atoms. The Morgan fingerprint density at radius 2 is 2.11 bits per heavy atom. The van der Waals surface area contributed by atoms with E-state index in [1.807, 2.05) is 32.0 Å². The van der Waals surface area contributed by atoms with Crippen molar-refractivity contribution < 1.29 is 4.79 Å². The monoisotopic (exact) mass is 420 g/mol. The van der Waals surface area contributed by atoms with Crippen molar-refractivity contribution in [3.63, 3.8) is 0 Å². The Kier molecular flexibility index (Phi) is 5.60. The minimum absolute atomic E-state index is 0.229. The van der Waals surface area contributed by atoms with Gasteiger partial charge in [0.2, 0.25) is 5.91 Å². The molecule has 0 atom stereocenters. The zero-order valence-corrected chi connectivity index (χ0v) is 14.0. The van der Waals surface area contributed by atoms with Gasteiger partial charge in [0.1, 0.15) is 5.41 Å².